The molecule has 0 aliphatic rings. The Morgan fingerprint density at radius 2 is 2.20 bits per heavy atom. The summed E-state index contributed by atoms with van der Waals surface area (Å²) in [6.07, 6.45) is 5.39. The maximum absolute atomic E-state index is 14.3. The van der Waals surface area contributed by atoms with Gasteiger partial charge in [0.05, 0.1) is 0 Å². The lowest BCUT2D eigenvalue weighted by Gasteiger charge is -2.19. The number of rotatable bonds is 6. The summed E-state index contributed by atoms with van der Waals surface area (Å²) >= 11 is 0. The Hall–Kier alpha value is -1.68. The van der Waals surface area contributed by atoms with E-state index in [0.717, 1.165) is 30.8 Å². The SMILES string of the molecule is CCNC(CCc1nccn1C)c1cccc(C)c1F. The van der Waals surface area contributed by atoms with E-state index in [-0.39, 0.29) is 11.9 Å². The summed E-state index contributed by atoms with van der Waals surface area (Å²) in [7, 11) is 1.98. The van der Waals surface area contributed by atoms with Crippen LogP contribution in [-0.2, 0) is 13.5 Å². The molecule has 2 rings (SSSR count). The molecule has 1 N–H and O–H groups in total. The molecule has 1 atom stereocenters. The van der Waals surface area contributed by atoms with Crippen LogP contribution < -0.4 is 5.32 Å². The molecule has 4 heteroatoms. The molecule has 1 unspecified atom stereocenters. The smallest absolute Gasteiger partial charge is 0.130 e. The lowest BCUT2D eigenvalue weighted by atomic mass is 9.99. The highest BCUT2D eigenvalue weighted by atomic mass is 19.1. The Kier molecular flexibility index (Phi) is 4.90. The number of hydrogen-bond acceptors (Lipinski definition) is 2. The molecule has 1 aromatic carbocycles. The maximum Gasteiger partial charge on any atom is 0.130 e. The molecule has 0 aliphatic heterocycles. The van der Waals surface area contributed by atoms with Crippen molar-refractivity contribution in [3.05, 3.63) is 53.4 Å². The van der Waals surface area contributed by atoms with E-state index in [1.165, 1.54) is 0 Å². The van der Waals surface area contributed by atoms with Gasteiger partial charge in [0.25, 0.3) is 0 Å². The lowest BCUT2D eigenvalue weighted by molar-refractivity contribution is 0.476. The van der Waals surface area contributed by atoms with Crippen molar-refractivity contribution < 1.29 is 4.39 Å². The van der Waals surface area contributed by atoms with E-state index in [0.29, 0.717) is 5.56 Å². The Bertz CT molecular complexity index is 563. The molecule has 3 nitrogen and oxygen atoms in total. The summed E-state index contributed by atoms with van der Waals surface area (Å²) in [6, 6.07) is 5.62. The fourth-order valence-corrected chi connectivity index (χ4v) is 2.46. The Labute approximate surface area is 119 Å². The Morgan fingerprint density at radius 1 is 1.40 bits per heavy atom. The van der Waals surface area contributed by atoms with Crippen molar-refractivity contribution in [1.82, 2.24) is 14.9 Å². The number of nitrogens with one attached hydrogen (secondary N) is 1. The molecule has 0 radical (unpaired) electrons. The van der Waals surface area contributed by atoms with Crippen molar-refractivity contribution in [2.45, 2.75) is 32.7 Å². The van der Waals surface area contributed by atoms with Crippen molar-refractivity contribution in [3.63, 3.8) is 0 Å². The Morgan fingerprint density at radius 3 is 2.85 bits per heavy atom. The number of imidazole rings is 1. The zero-order chi connectivity index (χ0) is 14.5. The molecule has 0 fully saturated rings. The quantitative estimate of drug-likeness (QED) is 0.877. The average Bonchev–Trinajstić information content (AvgIpc) is 2.84. The second-order valence-corrected chi connectivity index (χ2v) is 5.08. The van der Waals surface area contributed by atoms with E-state index in [9.17, 15) is 4.39 Å². The third-order valence-electron chi connectivity index (χ3n) is 3.63. The van der Waals surface area contributed by atoms with Crippen molar-refractivity contribution >= 4 is 0 Å². The van der Waals surface area contributed by atoms with Crippen LogP contribution in [0.25, 0.3) is 0 Å². The van der Waals surface area contributed by atoms with Gasteiger partial charge < -0.3 is 9.88 Å². The van der Waals surface area contributed by atoms with Gasteiger partial charge in [-0.1, -0.05) is 25.1 Å². The minimum atomic E-state index is -0.0988. The van der Waals surface area contributed by atoms with Gasteiger partial charge >= 0.3 is 0 Å². The van der Waals surface area contributed by atoms with Gasteiger partial charge in [0, 0.05) is 37.5 Å². The summed E-state index contributed by atoms with van der Waals surface area (Å²) in [5.74, 6) is 0.930. The van der Waals surface area contributed by atoms with Gasteiger partial charge in [-0.05, 0) is 25.5 Å². The number of aromatic nitrogens is 2. The third kappa shape index (κ3) is 3.25. The van der Waals surface area contributed by atoms with Crippen LogP contribution in [0.5, 0.6) is 0 Å². The topological polar surface area (TPSA) is 29.9 Å². The fraction of sp³-hybridized carbons (Fsp3) is 0.438. The summed E-state index contributed by atoms with van der Waals surface area (Å²) in [4.78, 5) is 4.32. The lowest BCUT2D eigenvalue weighted by Crippen LogP contribution is -2.23. The third-order valence-corrected chi connectivity index (χ3v) is 3.63. The van der Waals surface area contributed by atoms with Gasteiger partial charge in [0.15, 0.2) is 0 Å². The first kappa shape index (κ1) is 14.7. The Balaban J connectivity index is 2.14. The second-order valence-electron chi connectivity index (χ2n) is 5.08. The van der Waals surface area contributed by atoms with Gasteiger partial charge in [-0.3, -0.25) is 0 Å². The molecule has 0 spiro atoms. The summed E-state index contributed by atoms with van der Waals surface area (Å²) in [5, 5.41) is 3.37. The molecular weight excluding hydrogens is 253 g/mol. The summed E-state index contributed by atoms with van der Waals surface area (Å²) < 4.78 is 16.3. The van der Waals surface area contributed by atoms with E-state index in [1.807, 2.05) is 36.9 Å². The molecule has 108 valence electrons. The second kappa shape index (κ2) is 6.66. The first-order valence-electron chi connectivity index (χ1n) is 7.08. The van der Waals surface area contributed by atoms with Crippen molar-refractivity contribution in [2.24, 2.45) is 7.05 Å². The van der Waals surface area contributed by atoms with Gasteiger partial charge in [-0.2, -0.15) is 0 Å². The number of benzene rings is 1. The molecule has 0 aliphatic carbocycles. The molecule has 1 heterocycles. The van der Waals surface area contributed by atoms with Gasteiger partial charge in [0.2, 0.25) is 0 Å². The number of hydrogen-bond donors (Lipinski definition) is 1. The first-order chi connectivity index (χ1) is 9.63. The average molecular weight is 275 g/mol. The highest BCUT2D eigenvalue weighted by Gasteiger charge is 2.16. The monoisotopic (exact) mass is 275 g/mol. The van der Waals surface area contributed by atoms with Crippen LogP contribution in [0.15, 0.2) is 30.6 Å². The molecule has 0 amide bonds. The molecule has 0 saturated carbocycles. The fourth-order valence-electron chi connectivity index (χ4n) is 2.46. The largest absolute Gasteiger partial charge is 0.338 e. The predicted molar refractivity (Wildman–Crippen MR) is 79.1 cm³/mol. The molecule has 1 aromatic heterocycles. The number of nitrogens with zero attached hydrogens (tertiary/aromatic N) is 2. The molecule has 0 saturated heterocycles. The minimum Gasteiger partial charge on any atom is -0.338 e. The first-order valence-corrected chi connectivity index (χ1v) is 7.08. The summed E-state index contributed by atoms with van der Waals surface area (Å²) in [5.41, 5.74) is 1.45. The van der Waals surface area contributed by atoms with Crippen LogP contribution in [0, 0.1) is 12.7 Å². The van der Waals surface area contributed by atoms with Crippen molar-refractivity contribution in [3.8, 4) is 0 Å². The molecule has 0 bridgehead atoms. The highest BCUT2D eigenvalue weighted by Crippen LogP contribution is 2.23. The molecule has 2 aromatic rings. The van der Waals surface area contributed by atoms with Crippen LogP contribution in [0.2, 0.25) is 0 Å². The van der Waals surface area contributed by atoms with E-state index in [4.69, 9.17) is 0 Å². The standard InChI is InChI=1S/C16H22FN3/c1-4-18-14(8-9-15-19-10-11-20(15)3)13-7-5-6-12(2)16(13)17/h5-7,10-11,14,18H,4,8-9H2,1-3H3. The van der Waals surface area contributed by atoms with E-state index < -0.39 is 0 Å². The highest BCUT2D eigenvalue weighted by molar-refractivity contribution is 5.27. The van der Waals surface area contributed by atoms with Crippen LogP contribution >= 0.6 is 0 Å². The predicted octanol–water partition coefficient (Wildman–Crippen LogP) is 3.15. The van der Waals surface area contributed by atoms with Gasteiger partial charge in [-0.15, -0.1) is 0 Å². The molecular formula is C16H22FN3. The summed E-state index contributed by atoms with van der Waals surface area (Å²) in [6.45, 7) is 4.67. The van der Waals surface area contributed by atoms with Gasteiger partial charge in [0.1, 0.15) is 11.6 Å². The van der Waals surface area contributed by atoms with Crippen molar-refractivity contribution in [1.29, 1.82) is 0 Å². The van der Waals surface area contributed by atoms with Crippen LogP contribution in [0.3, 0.4) is 0 Å². The van der Waals surface area contributed by atoms with Crippen LogP contribution in [-0.4, -0.2) is 16.1 Å². The van der Waals surface area contributed by atoms with E-state index in [2.05, 4.69) is 10.3 Å². The van der Waals surface area contributed by atoms with Gasteiger partial charge in [-0.25, -0.2) is 9.37 Å². The number of halogens is 1. The van der Waals surface area contributed by atoms with Crippen LogP contribution in [0.1, 0.15) is 36.3 Å². The van der Waals surface area contributed by atoms with Crippen LogP contribution in [0.4, 0.5) is 4.39 Å². The minimum absolute atomic E-state index is 0.0246. The zero-order valence-corrected chi connectivity index (χ0v) is 12.4. The van der Waals surface area contributed by atoms with Crippen molar-refractivity contribution in [2.75, 3.05) is 6.54 Å². The van der Waals surface area contributed by atoms with E-state index >= 15 is 0 Å². The molecule has 20 heavy (non-hydrogen) atoms. The zero-order valence-electron chi connectivity index (χ0n) is 12.4. The normalized spacial score (nSPS) is 12.6. The van der Waals surface area contributed by atoms with E-state index in [1.54, 1.807) is 19.2 Å². The number of aryl methyl sites for hydroxylation is 3. The maximum atomic E-state index is 14.3.